The fourth-order valence-electron chi connectivity index (χ4n) is 2.86. The van der Waals surface area contributed by atoms with Gasteiger partial charge in [-0.05, 0) is 43.2 Å². The predicted molar refractivity (Wildman–Crippen MR) is 98.0 cm³/mol. The van der Waals surface area contributed by atoms with Crippen LogP contribution in [0.2, 0.25) is 5.02 Å². The normalized spacial score (nSPS) is 14.9. The highest BCUT2D eigenvalue weighted by Gasteiger charge is 2.15. The van der Waals surface area contributed by atoms with Gasteiger partial charge in [-0.15, -0.1) is 0 Å². The first-order valence-corrected chi connectivity index (χ1v) is 8.63. The Labute approximate surface area is 146 Å². The Balaban J connectivity index is 1.53. The summed E-state index contributed by atoms with van der Waals surface area (Å²) in [6.45, 7) is 0. The van der Waals surface area contributed by atoms with Crippen molar-refractivity contribution < 1.29 is 4.79 Å². The second-order valence-corrected chi connectivity index (χ2v) is 6.44. The van der Waals surface area contributed by atoms with E-state index in [1.54, 1.807) is 6.20 Å². The summed E-state index contributed by atoms with van der Waals surface area (Å²) in [5.41, 5.74) is 1.53. The van der Waals surface area contributed by atoms with Crippen molar-refractivity contribution >= 4 is 34.8 Å². The zero-order valence-corrected chi connectivity index (χ0v) is 14.1. The van der Waals surface area contributed by atoms with E-state index in [9.17, 15) is 4.79 Å². The molecular formula is C18H21ClN4O. The molecule has 126 valence electrons. The summed E-state index contributed by atoms with van der Waals surface area (Å²) >= 11 is 5.96. The van der Waals surface area contributed by atoms with E-state index in [2.05, 4.69) is 20.9 Å². The Kier molecular flexibility index (Phi) is 5.54. The van der Waals surface area contributed by atoms with E-state index in [4.69, 9.17) is 11.6 Å². The van der Waals surface area contributed by atoms with Crippen LogP contribution in [0.25, 0.3) is 0 Å². The lowest BCUT2D eigenvalue weighted by molar-refractivity contribution is 0.244. The van der Waals surface area contributed by atoms with Crippen LogP contribution in [0.5, 0.6) is 0 Å². The van der Waals surface area contributed by atoms with Crippen LogP contribution in [0.4, 0.5) is 22.0 Å². The molecule has 2 amide bonds. The molecule has 1 aromatic carbocycles. The molecule has 24 heavy (non-hydrogen) atoms. The molecule has 0 saturated heterocycles. The molecule has 5 nitrogen and oxygen atoms in total. The van der Waals surface area contributed by atoms with Crippen LogP contribution in [-0.4, -0.2) is 17.1 Å². The Morgan fingerprint density at radius 2 is 1.92 bits per heavy atom. The molecule has 6 heteroatoms. The highest BCUT2D eigenvalue weighted by molar-refractivity contribution is 6.30. The van der Waals surface area contributed by atoms with Gasteiger partial charge in [0.05, 0.1) is 11.9 Å². The molecule has 1 heterocycles. The number of carbonyl (C=O) groups excluding carboxylic acids is 1. The second kappa shape index (κ2) is 8.02. The van der Waals surface area contributed by atoms with Gasteiger partial charge in [-0.3, -0.25) is 0 Å². The van der Waals surface area contributed by atoms with E-state index in [-0.39, 0.29) is 12.1 Å². The van der Waals surface area contributed by atoms with Crippen LogP contribution >= 0.6 is 11.6 Å². The van der Waals surface area contributed by atoms with Crippen molar-refractivity contribution in [3.63, 3.8) is 0 Å². The lowest BCUT2D eigenvalue weighted by Crippen LogP contribution is -2.39. The highest BCUT2D eigenvalue weighted by Crippen LogP contribution is 2.20. The van der Waals surface area contributed by atoms with Gasteiger partial charge in [0.25, 0.3) is 0 Å². The molecule has 3 N–H and O–H groups in total. The molecule has 2 aromatic rings. The van der Waals surface area contributed by atoms with Gasteiger partial charge in [-0.25, -0.2) is 9.78 Å². The minimum Gasteiger partial charge on any atom is -0.340 e. The number of halogens is 1. The zero-order valence-electron chi connectivity index (χ0n) is 13.4. The fraction of sp³-hybridized carbons (Fsp3) is 0.333. The summed E-state index contributed by atoms with van der Waals surface area (Å²) in [7, 11) is 0. The predicted octanol–water partition coefficient (Wildman–Crippen LogP) is 4.93. The summed E-state index contributed by atoms with van der Waals surface area (Å²) < 4.78 is 0. The molecule has 0 radical (unpaired) electrons. The maximum Gasteiger partial charge on any atom is 0.319 e. The third-order valence-electron chi connectivity index (χ3n) is 4.06. The van der Waals surface area contributed by atoms with Crippen LogP contribution in [0.1, 0.15) is 32.1 Å². The standard InChI is InChI=1S/C18H21ClN4O/c19-13-5-4-8-15(11-13)21-17-10-9-16(12-20-17)23-18(24)22-14-6-2-1-3-7-14/h4-5,8-12,14H,1-3,6-7H2,(H,20,21)(H2,22,23,24). The van der Waals surface area contributed by atoms with Crippen molar-refractivity contribution in [3.05, 3.63) is 47.6 Å². The van der Waals surface area contributed by atoms with Gasteiger partial charge in [-0.1, -0.05) is 36.9 Å². The van der Waals surface area contributed by atoms with E-state index in [1.807, 2.05) is 36.4 Å². The van der Waals surface area contributed by atoms with Crippen molar-refractivity contribution in [1.29, 1.82) is 0 Å². The SMILES string of the molecule is O=C(Nc1ccc(Nc2cccc(Cl)c2)nc1)NC1CCCCC1. The first-order valence-electron chi connectivity index (χ1n) is 8.25. The molecule has 1 aliphatic rings. The molecule has 0 unspecified atom stereocenters. The van der Waals surface area contributed by atoms with Crippen LogP contribution < -0.4 is 16.0 Å². The van der Waals surface area contributed by atoms with Crippen molar-refractivity contribution in [3.8, 4) is 0 Å². The van der Waals surface area contributed by atoms with Crippen LogP contribution in [0.15, 0.2) is 42.6 Å². The molecule has 0 aliphatic heterocycles. The minimum absolute atomic E-state index is 0.167. The molecule has 1 saturated carbocycles. The summed E-state index contributed by atoms with van der Waals surface area (Å²) in [4.78, 5) is 16.3. The van der Waals surface area contributed by atoms with Crippen molar-refractivity contribution in [2.75, 3.05) is 10.6 Å². The minimum atomic E-state index is -0.167. The Hall–Kier alpha value is -2.27. The lowest BCUT2D eigenvalue weighted by Gasteiger charge is -2.22. The molecule has 1 aliphatic carbocycles. The number of pyridine rings is 1. The number of rotatable bonds is 4. The van der Waals surface area contributed by atoms with Crippen molar-refractivity contribution in [1.82, 2.24) is 10.3 Å². The Morgan fingerprint density at radius 3 is 2.62 bits per heavy atom. The fourth-order valence-corrected chi connectivity index (χ4v) is 3.05. The number of hydrogen-bond donors (Lipinski definition) is 3. The Bertz CT molecular complexity index is 684. The van der Waals surface area contributed by atoms with Crippen LogP contribution in [-0.2, 0) is 0 Å². The number of urea groups is 1. The van der Waals surface area contributed by atoms with Gasteiger partial charge in [0.1, 0.15) is 5.82 Å². The second-order valence-electron chi connectivity index (χ2n) is 6.00. The van der Waals surface area contributed by atoms with E-state index >= 15 is 0 Å². The average molecular weight is 345 g/mol. The number of nitrogens with zero attached hydrogens (tertiary/aromatic N) is 1. The quantitative estimate of drug-likeness (QED) is 0.736. The summed E-state index contributed by atoms with van der Waals surface area (Å²) in [6.07, 6.45) is 7.41. The van der Waals surface area contributed by atoms with E-state index in [0.717, 1.165) is 18.5 Å². The van der Waals surface area contributed by atoms with Crippen molar-refractivity contribution in [2.45, 2.75) is 38.1 Å². The summed E-state index contributed by atoms with van der Waals surface area (Å²) in [5.74, 6) is 0.690. The van der Waals surface area contributed by atoms with Gasteiger partial charge in [0, 0.05) is 16.8 Å². The van der Waals surface area contributed by atoms with E-state index < -0.39 is 0 Å². The lowest BCUT2D eigenvalue weighted by atomic mass is 9.96. The highest BCUT2D eigenvalue weighted by atomic mass is 35.5. The molecule has 3 rings (SSSR count). The van der Waals surface area contributed by atoms with E-state index in [0.29, 0.717) is 16.5 Å². The smallest absolute Gasteiger partial charge is 0.319 e. The summed E-state index contributed by atoms with van der Waals surface area (Å²) in [5, 5.41) is 9.68. The monoisotopic (exact) mass is 344 g/mol. The summed E-state index contributed by atoms with van der Waals surface area (Å²) in [6, 6.07) is 11.2. The molecule has 0 atom stereocenters. The first kappa shape index (κ1) is 16.6. The third kappa shape index (κ3) is 4.86. The number of amides is 2. The molecular weight excluding hydrogens is 324 g/mol. The van der Waals surface area contributed by atoms with E-state index in [1.165, 1.54) is 19.3 Å². The number of hydrogen-bond acceptors (Lipinski definition) is 3. The number of carbonyl (C=O) groups is 1. The maximum absolute atomic E-state index is 12.0. The van der Waals surface area contributed by atoms with Gasteiger partial charge in [0.2, 0.25) is 0 Å². The van der Waals surface area contributed by atoms with Gasteiger partial charge in [-0.2, -0.15) is 0 Å². The van der Waals surface area contributed by atoms with Gasteiger partial charge in [0.15, 0.2) is 0 Å². The molecule has 0 bridgehead atoms. The van der Waals surface area contributed by atoms with Crippen molar-refractivity contribution in [2.24, 2.45) is 0 Å². The number of benzene rings is 1. The zero-order chi connectivity index (χ0) is 16.8. The molecule has 1 fully saturated rings. The largest absolute Gasteiger partial charge is 0.340 e. The number of aromatic nitrogens is 1. The first-order chi connectivity index (χ1) is 11.7. The third-order valence-corrected chi connectivity index (χ3v) is 4.29. The van der Waals surface area contributed by atoms with Gasteiger partial charge < -0.3 is 16.0 Å². The topological polar surface area (TPSA) is 66.0 Å². The number of anilines is 3. The van der Waals surface area contributed by atoms with Crippen LogP contribution in [0, 0.1) is 0 Å². The van der Waals surface area contributed by atoms with Crippen LogP contribution in [0.3, 0.4) is 0 Å². The number of nitrogens with one attached hydrogen (secondary N) is 3. The average Bonchev–Trinajstić information content (AvgIpc) is 2.57. The van der Waals surface area contributed by atoms with Gasteiger partial charge >= 0.3 is 6.03 Å². The Morgan fingerprint density at radius 1 is 1.08 bits per heavy atom. The molecule has 1 aromatic heterocycles. The maximum atomic E-state index is 12.0. The molecule has 0 spiro atoms.